The molecule has 1 N–H and O–H groups in total. The Hall–Kier alpha value is -1.98. The summed E-state index contributed by atoms with van der Waals surface area (Å²) in [6.07, 6.45) is 0. The lowest BCUT2D eigenvalue weighted by Crippen LogP contribution is -2.34. The van der Waals surface area contributed by atoms with Crippen LogP contribution in [0.2, 0.25) is 5.02 Å². The van der Waals surface area contributed by atoms with E-state index in [1.165, 1.54) is 4.90 Å². The molecule has 6 heteroatoms. The standard InChI is InChI=1S/C15H11ClN2O2S/c16-11-8-4-5-9-12(11)17-13-14(19)18(15(20)21-13)10-6-2-1-3-7-10/h1-9,13,17H. The maximum atomic E-state index is 12.4. The maximum Gasteiger partial charge on any atom is 0.295 e. The van der Waals surface area contributed by atoms with Gasteiger partial charge < -0.3 is 5.32 Å². The normalized spacial score (nSPS) is 18.1. The SMILES string of the molecule is O=C1SC(Nc2ccccc2Cl)C(=O)N1c1ccccc1. The van der Waals surface area contributed by atoms with Gasteiger partial charge in [0.25, 0.3) is 11.1 Å². The van der Waals surface area contributed by atoms with Crippen LogP contribution in [-0.2, 0) is 4.79 Å². The molecule has 1 aliphatic rings. The maximum absolute atomic E-state index is 12.4. The molecule has 106 valence electrons. The molecule has 2 aromatic carbocycles. The summed E-state index contributed by atoms with van der Waals surface area (Å²) in [6.45, 7) is 0. The third-order valence-corrected chi connectivity index (χ3v) is 4.29. The second kappa shape index (κ2) is 5.79. The van der Waals surface area contributed by atoms with Crippen LogP contribution in [0, 0.1) is 0 Å². The summed E-state index contributed by atoms with van der Waals surface area (Å²) in [5.41, 5.74) is 1.20. The number of anilines is 2. The molecular weight excluding hydrogens is 308 g/mol. The second-order valence-corrected chi connectivity index (χ2v) is 5.86. The lowest BCUT2D eigenvalue weighted by molar-refractivity contribution is -0.116. The van der Waals surface area contributed by atoms with E-state index in [9.17, 15) is 9.59 Å². The highest BCUT2D eigenvalue weighted by Crippen LogP contribution is 2.33. The molecular formula is C15H11ClN2O2S. The van der Waals surface area contributed by atoms with Gasteiger partial charge in [0.05, 0.1) is 16.4 Å². The molecule has 0 bridgehead atoms. The number of nitrogens with zero attached hydrogens (tertiary/aromatic N) is 1. The average molecular weight is 319 g/mol. The van der Waals surface area contributed by atoms with Gasteiger partial charge in [-0.15, -0.1) is 0 Å². The van der Waals surface area contributed by atoms with Crippen molar-refractivity contribution in [3.8, 4) is 0 Å². The number of carbonyl (C=O) groups excluding carboxylic acids is 2. The molecule has 1 saturated heterocycles. The first kappa shape index (κ1) is 14.0. The van der Waals surface area contributed by atoms with E-state index in [0.29, 0.717) is 16.4 Å². The fourth-order valence-corrected chi connectivity index (χ4v) is 3.12. The Morgan fingerprint density at radius 1 is 1.00 bits per heavy atom. The summed E-state index contributed by atoms with van der Waals surface area (Å²) in [4.78, 5) is 25.7. The van der Waals surface area contributed by atoms with Crippen molar-refractivity contribution in [1.82, 2.24) is 0 Å². The molecule has 0 spiro atoms. The highest BCUT2D eigenvalue weighted by atomic mass is 35.5. The molecule has 1 aliphatic heterocycles. The van der Waals surface area contributed by atoms with Gasteiger partial charge in [-0.05, 0) is 36.0 Å². The van der Waals surface area contributed by atoms with Gasteiger partial charge in [0.1, 0.15) is 0 Å². The van der Waals surface area contributed by atoms with Gasteiger partial charge in [-0.3, -0.25) is 9.59 Å². The van der Waals surface area contributed by atoms with Crippen molar-refractivity contribution in [3.05, 3.63) is 59.6 Å². The number of nitrogens with one attached hydrogen (secondary N) is 1. The topological polar surface area (TPSA) is 49.4 Å². The van der Waals surface area contributed by atoms with Gasteiger partial charge in [-0.2, -0.15) is 0 Å². The molecule has 1 atom stereocenters. The molecule has 21 heavy (non-hydrogen) atoms. The van der Waals surface area contributed by atoms with Crippen LogP contribution in [0.15, 0.2) is 54.6 Å². The Morgan fingerprint density at radius 3 is 2.38 bits per heavy atom. The first-order valence-electron chi connectivity index (χ1n) is 6.27. The number of amides is 2. The van der Waals surface area contributed by atoms with Gasteiger partial charge in [-0.25, -0.2) is 4.90 Å². The molecule has 2 amide bonds. The van der Waals surface area contributed by atoms with Crippen molar-refractivity contribution in [2.24, 2.45) is 0 Å². The first-order valence-corrected chi connectivity index (χ1v) is 7.53. The van der Waals surface area contributed by atoms with Crippen molar-refractivity contribution < 1.29 is 9.59 Å². The highest BCUT2D eigenvalue weighted by molar-refractivity contribution is 8.16. The molecule has 1 fully saturated rings. The Kier molecular flexibility index (Phi) is 3.86. The minimum atomic E-state index is -0.669. The van der Waals surface area contributed by atoms with Crippen LogP contribution in [0.1, 0.15) is 0 Å². The molecule has 0 saturated carbocycles. The zero-order valence-electron chi connectivity index (χ0n) is 10.8. The third kappa shape index (κ3) is 2.75. The van der Waals surface area contributed by atoms with Crippen LogP contribution in [0.5, 0.6) is 0 Å². The van der Waals surface area contributed by atoms with Crippen LogP contribution < -0.4 is 10.2 Å². The Morgan fingerprint density at radius 2 is 1.67 bits per heavy atom. The molecule has 1 unspecified atom stereocenters. The van der Waals surface area contributed by atoms with Crippen LogP contribution in [0.25, 0.3) is 0 Å². The number of thioether (sulfide) groups is 1. The highest BCUT2D eigenvalue weighted by Gasteiger charge is 2.40. The van der Waals surface area contributed by atoms with Crippen molar-refractivity contribution >= 4 is 45.9 Å². The largest absolute Gasteiger partial charge is 0.364 e. The van der Waals surface area contributed by atoms with E-state index in [2.05, 4.69) is 5.32 Å². The summed E-state index contributed by atoms with van der Waals surface area (Å²) in [6, 6.07) is 16.0. The van der Waals surface area contributed by atoms with E-state index in [0.717, 1.165) is 11.8 Å². The molecule has 0 aliphatic carbocycles. The second-order valence-electron chi connectivity index (χ2n) is 4.40. The molecule has 3 rings (SSSR count). The summed E-state index contributed by atoms with van der Waals surface area (Å²) in [5, 5.41) is 2.55. The number of benzene rings is 2. The van der Waals surface area contributed by atoms with Crippen LogP contribution in [0.3, 0.4) is 0 Å². The quantitative estimate of drug-likeness (QED) is 0.930. The number of hydrogen-bond donors (Lipinski definition) is 1. The van der Waals surface area contributed by atoms with Gasteiger partial charge in [0.15, 0.2) is 5.37 Å². The van der Waals surface area contributed by atoms with Gasteiger partial charge in [0.2, 0.25) is 0 Å². The Balaban J connectivity index is 1.83. The first-order chi connectivity index (χ1) is 10.2. The fraction of sp³-hybridized carbons (Fsp3) is 0.0667. The molecule has 4 nitrogen and oxygen atoms in total. The van der Waals surface area contributed by atoms with E-state index < -0.39 is 5.37 Å². The Labute approximate surface area is 131 Å². The molecule has 0 aromatic heterocycles. The Bertz CT molecular complexity index is 693. The van der Waals surface area contributed by atoms with Crippen LogP contribution in [-0.4, -0.2) is 16.5 Å². The van der Waals surface area contributed by atoms with E-state index in [1.54, 1.807) is 42.5 Å². The predicted molar refractivity (Wildman–Crippen MR) is 85.8 cm³/mol. The minimum Gasteiger partial charge on any atom is -0.364 e. The molecule has 1 heterocycles. The van der Waals surface area contributed by atoms with E-state index in [4.69, 9.17) is 11.6 Å². The number of imide groups is 1. The van der Waals surface area contributed by atoms with Crippen molar-refractivity contribution in [3.63, 3.8) is 0 Å². The van der Waals surface area contributed by atoms with Crippen molar-refractivity contribution in [2.45, 2.75) is 5.37 Å². The van der Waals surface area contributed by atoms with Crippen molar-refractivity contribution in [2.75, 3.05) is 10.2 Å². The third-order valence-electron chi connectivity index (χ3n) is 3.02. The van der Waals surface area contributed by atoms with E-state index in [1.807, 2.05) is 12.1 Å². The molecule has 0 radical (unpaired) electrons. The van der Waals surface area contributed by atoms with Crippen LogP contribution in [0.4, 0.5) is 16.2 Å². The minimum absolute atomic E-state index is 0.295. The van der Waals surface area contributed by atoms with Crippen LogP contribution >= 0.6 is 23.4 Å². The number of hydrogen-bond acceptors (Lipinski definition) is 4. The monoisotopic (exact) mass is 318 g/mol. The van der Waals surface area contributed by atoms with Gasteiger partial charge >= 0.3 is 0 Å². The molecule has 2 aromatic rings. The van der Waals surface area contributed by atoms with Gasteiger partial charge in [-0.1, -0.05) is 41.9 Å². The predicted octanol–water partition coefficient (Wildman–Crippen LogP) is 3.98. The lowest BCUT2D eigenvalue weighted by Gasteiger charge is -2.15. The number of carbonyl (C=O) groups is 2. The fourth-order valence-electron chi connectivity index (χ4n) is 2.03. The summed E-state index contributed by atoms with van der Waals surface area (Å²) >= 11 is 7.01. The number of para-hydroxylation sites is 2. The number of halogens is 1. The zero-order valence-corrected chi connectivity index (χ0v) is 12.4. The number of rotatable bonds is 3. The summed E-state index contributed by atoms with van der Waals surface area (Å²) in [5.74, 6) is -0.295. The zero-order chi connectivity index (χ0) is 14.8. The summed E-state index contributed by atoms with van der Waals surface area (Å²) < 4.78 is 0. The smallest absolute Gasteiger partial charge is 0.295 e. The van der Waals surface area contributed by atoms with Crippen molar-refractivity contribution in [1.29, 1.82) is 0 Å². The van der Waals surface area contributed by atoms with Gasteiger partial charge in [0, 0.05) is 0 Å². The van der Waals surface area contributed by atoms with E-state index in [-0.39, 0.29) is 11.1 Å². The average Bonchev–Trinajstić information content (AvgIpc) is 2.77. The van der Waals surface area contributed by atoms with E-state index >= 15 is 0 Å². The lowest BCUT2D eigenvalue weighted by atomic mass is 10.3. The summed E-state index contributed by atoms with van der Waals surface area (Å²) in [7, 11) is 0.